The van der Waals surface area contributed by atoms with Gasteiger partial charge in [-0.3, -0.25) is 0 Å². The first kappa shape index (κ1) is 7.75. The Labute approximate surface area is 65.5 Å². The molecule has 1 aliphatic carbocycles. The van der Waals surface area contributed by atoms with Crippen LogP contribution < -0.4 is 0 Å². The molecule has 0 aromatic rings. The third-order valence-electron chi connectivity index (χ3n) is 2.59. The van der Waals surface area contributed by atoms with Crippen LogP contribution in [0.1, 0.15) is 32.1 Å². The van der Waals surface area contributed by atoms with Crippen LogP contribution in [-0.4, -0.2) is 27.4 Å². The van der Waals surface area contributed by atoms with Crippen LogP contribution in [0.15, 0.2) is 0 Å². The predicted octanol–water partition coefficient (Wildman–Crippen LogP) is -0.728. The van der Waals surface area contributed by atoms with Gasteiger partial charge in [-0.15, -0.1) is 0 Å². The molecule has 0 spiro atoms. The van der Waals surface area contributed by atoms with Crippen molar-refractivity contribution in [1.29, 1.82) is 0 Å². The van der Waals surface area contributed by atoms with E-state index >= 15 is 0 Å². The molecule has 0 aliphatic heterocycles. The fourth-order valence-electron chi connectivity index (χ4n) is 1.80. The molecule has 0 saturated heterocycles. The molecule has 1 rings (SSSR count). The minimum atomic E-state index is 0.0259. The van der Waals surface area contributed by atoms with Gasteiger partial charge in [0, 0.05) is 7.83 Å². The molecule has 1 aliphatic rings. The summed E-state index contributed by atoms with van der Waals surface area (Å²) in [6.45, 7) is 0. The van der Waals surface area contributed by atoms with Crippen molar-refractivity contribution in [3.63, 3.8) is 0 Å². The Morgan fingerprint density at radius 1 is 1.00 bits per heavy atom. The van der Waals surface area contributed by atoms with Crippen LogP contribution in [0.5, 0.6) is 0 Å². The lowest BCUT2D eigenvalue weighted by molar-refractivity contribution is 0.502. The maximum Gasteiger partial charge on any atom is 0.00898 e. The first-order valence-electron chi connectivity index (χ1n) is 4.30. The Morgan fingerprint density at radius 2 is 1.56 bits per heavy atom. The van der Waals surface area contributed by atoms with Crippen molar-refractivity contribution < 1.29 is 0 Å². The topological polar surface area (TPSA) is 0 Å². The highest BCUT2D eigenvalue weighted by Gasteiger charge is 2.16. The standard InChI is InChI=1S/C6H18Si3/c7-9(8)6-4-2-1-3-5-6/h6,9H,1-5H2,7-8H3. The van der Waals surface area contributed by atoms with Crippen molar-refractivity contribution in [2.45, 2.75) is 37.6 Å². The normalized spacial score (nSPS) is 26.7. The van der Waals surface area contributed by atoms with Gasteiger partial charge in [0.15, 0.2) is 0 Å². The Hall–Kier alpha value is 0.651. The second kappa shape index (κ2) is 3.73. The van der Waals surface area contributed by atoms with E-state index in [1.165, 1.54) is 5.54 Å². The molecule has 1 fully saturated rings. The molecule has 0 bridgehead atoms. The van der Waals surface area contributed by atoms with Crippen molar-refractivity contribution in [3.05, 3.63) is 0 Å². The molecule has 3 heteroatoms. The van der Waals surface area contributed by atoms with Crippen LogP contribution in [-0.2, 0) is 0 Å². The monoisotopic (exact) mass is 174 g/mol. The van der Waals surface area contributed by atoms with Crippen molar-refractivity contribution >= 4 is 27.4 Å². The highest BCUT2D eigenvalue weighted by molar-refractivity contribution is 7.29. The van der Waals surface area contributed by atoms with Crippen LogP contribution >= 0.6 is 0 Å². The van der Waals surface area contributed by atoms with Gasteiger partial charge in [-0.2, -0.15) is 0 Å². The van der Waals surface area contributed by atoms with E-state index in [2.05, 4.69) is 0 Å². The lowest BCUT2D eigenvalue weighted by atomic mass is 10.0. The molecule has 0 aromatic heterocycles. The second-order valence-corrected chi connectivity index (χ2v) is 24.9. The maximum atomic E-state index is 1.63. The average molecular weight is 174 g/mol. The van der Waals surface area contributed by atoms with Gasteiger partial charge in [-0.25, -0.2) is 0 Å². The molecule has 0 atom stereocenters. The highest BCUT2D eigenvalue weighted by Crippen LogP contribution is 2.28. The summed E-state index contributed by atoms with van der Waals surface area (Å²) < 4.78 is 0. The maximum absolute atomic E-state index is 1.63. The van der Waals surface area contributed by atoms with Crippen molar-refractivity contribution in [2.75, 3.05) is 0 Å². The summed E-state index contributed by atoms with van der Waals surface area (Å²) >= 11 is 0. The lowest BCUT2D eigenvalue weighted by Crippen LogP contribution is -2.23. The summed E-state index contributed by atoms with van der Waals surface area (Å²) in [4.78, 5) is 0. The van der Waals surface area contributed by atoms with Gasteiger partial charge in [-0.1, -0.05) is 37.6 Å². The van der Waals surface area contributed by atoms with E-state index in [9.17, 15) is 0 Å². The number of hydrogen-bond donors (Lipinski definition) is 0. The molecule has 0 radical (unpaired) electrons. The molecule has 1 saturated carbocycles. The zero-order valence-electron chi connectivity index (χ0n) is 6.69. The zero-order chi connectivity index (χ0) is 6.69. The van der Waals surface area contributed by atoms with Gasteiger partial charge >= 0.3 is 0 Å². The third-order valence-corrected chi connectivity index (χ3v) is 10.8. The van der Waals surface area contributed by atoms with Crippen molar-refractivity contribution in [1.82, 2.24) is 0 Å². The first-order chi connectivity index (χ1) is 4.30. The molecule has 0 N–H and O–H groups in total. The summed E-state index contributed by atoms with van der Waals surface area (Å²) in [5.41, 5.74) is 1.32. The molecule has 54 valence electrons. The van der Waals surface area contributed by atoms with Gasteiger partial charge in [0.1, 0.15) is 0 Å². The zero-order valence-corrected chi connectivity index (χ0v) is 11.8. The average Bonchev–Trinajstić information content (AvgIpc) is 1.90. The SMILES string of the molecule is [SiH3][SiH]([SiH3])C1CCCCC1. The van der Waals surface area contributed by atoms with Crippen LogP contribution in [0.4, 0.5) is 0 Å². The third kappa shape index (κ3) is 2.39. The van der Waals surface area contributed by atoms with Gasteiger partial charge in [0.05, 0.1) is 0 Å². The molecule has 9 heavy (non-hydrogen) atoms. The summed E-state index contributed by atoms with van der Waals surface area (Å²) in [6, 6.07) is 0. The number of rotatable bonds is 1. The summed E-state index contributed by atoms with van der Waals surface area (Å²) in [5, 5.41) is 0. The van der Waals surface area contributed by atoms with Gasteiger partial charge in [-0.05, 0) is 19.5 Å². The van der Waals surface area contributed by atoms with E-state index < -0.39 is 0 Å². The summed E-state index contributed by atoms with van der Waals surface area (Å²) in [7, 11) is 3.25. The minimum Gasteiger partial charge on any atom is -0.0539 e. The molecule has 0 heterocycles. The van der Waals surface area contributed by atoms with Crippen LogP contribution in [0.3, 0.4) is 0 Å². The van der Waals surface area contributed by atoms with Crippen LogP contribution in [0.25, 0.3) is 0 Å². The first-order valence-corrected chi connectivity index (χ1v) is 14.2. The molecule has 0 nitrogen and oxygen atoms in total. The second-order valence-electron chi connectivity index (χ2n) is 3.64. The highest BCUT2D eigenvalue weighted by atomic mass is 29.5. The van der Waals surface area contributed by atoms with E-state index in [4.69, 9.17) is 0 Å². The molecule has 0 aromatic carbocycles. The van der Waals surface area contributed by atoms with E-state index in [0.29, 0.717) is 0 Å². The van der Waals surface area contributed by atoms with Crippen LogP contribution in [0, 0.1) is 0 Å². The molecular formula is C6H18Si3. The Morgan fingerprint density at radius 3 is 1.89 bits per heavy atom. The van der Waals surface area contributed by atoms with Crippen LogP contribution in [0.2, 0.25) is 5.54 Å². The number of hydrogen-bond acceptors (Lipinski definition) is 0. The molecule has 0 unspecified atom stereocenters. The van der Waals surface area contributed by atoms with E-state index in [-0.39, 0.29) is 7.83 Å². The van der Waals surface area contributed by atoms with Gasteiger partial charge in [0.25, 0.3) is 0 Å². The smallest absolute Gasteiger partial charge is 0.00898 e. The molecular weight excluding hydrogens is 156 g/mol. The van der Waals surface area contributed by atoms with Gasteiger partial charge < -0.3 is 0 Å². The van der Waals surface area contributed by atoms with E-state index in [0.717, 1.165) is 0 Å². The van der Waals surface area contributed by atoms with Crippen molar-refractivity contribution in [2.24, 2.45) is 0 Å². The Balaban J connectivity index is 2.23. The Bertz CT molecular complexity index is 76.4. The van der Waals surface area contributed by atoms with Gasteiger partial charge in [0.2, 0.25) is 0 Å². The minimum absolute atomic E-state index is 0.0259. The fraction of sp³-hybridized carbons (Fsp3) is 1.00. The lowest BCUT2D eigenvalue weighted by Gasteiger charge is -2.23. The van der Waals surface area contributed by atoms with E-state index in [1.807, 2.05) is 0 Å². The van der Waals surface area contributed by atoms with E-state index in [1.54, 1.807) is 51.6 Å². The van der Waals surface area contributed by atoms with Crippen molar-refractivity contribution in [3.8, 4) is 0 Å². The predicted molar refractivity (Wildman–Crippen MR) is 53.9 cm³/mol. The summed E-state index contributed by atoms with van der Waals surface area (Å²) in [6.07, 6.45) is 7.94. The Kier molecular flexibility index (Phi) is 3.21. The quantitative estimate of drug-likeness (QED) is 0.460. The fourth-order valence-corrected chi connectivity index (χ4v) is 7.61. The summed E-state index contributed by atoms with van der Waals surface area (Å²) in [5.74, 6) is 0. The molecule has 0 amide bonds. The largest absolute Gasteiger partial charge is 0.0539 e.